The Morgan fingerprint density at radius 3 is 2.76 bits per heavy atom. The molecule has 29 heavy (non-hydrogen) atoms. The minimum atomic E-state index is -0.0161. The van der Waals surface area contributed by atoms with Gasteiger partial charge in [-0.2, -0.15) is 0 Å². The summed E-state index contributed by atoms with van der Waals surface area (Å²) in [7, 11) is 0. The third kappa shape index (κ3) is 5.21. The van der Waals surface area contributed by atoms with Crippen molar-refractivity contribution in [3.8, 4) is 0 Å². The van der Waals surface area contributed by atoms with Crippen molar-refractivity contribution >= 4 is 5.91 Å². The highest BCUT2D eigenvalue weighted by Gasteiger charge is 2.32. The van der Waals surface area contributed by atoms with Gasteiger partial charge in [-0.3, -0.25) is 19.7 Å². The fourth-order valence-corrected chi connectivity index (χ4v) is 4.88. The predicted molar refractivity (Wildman–Crippen MR) is 114 cm³/mol. The van der Waals surface area contributed by atoms with Gasteiger partial charge in [0.2, 0.25) is 5.91 Å². The molecule has 0 radical (unpaired) electrons. The van der Waals surface area contributed by atoms with Crippen molar-refractivity contribution in [2.24, 2.45) is 11.8 Å². The van der Waals surface area contributed by atoms with E-state index in [-0.39, 0.29) is 17.9 Å². The maximum atomic E-state index is 12.9. The van der Waals surface area contributed by atoms with E-state index in [1.165, 1.54) is 12.8 Å². The van der Waals surface area contributed by atoms with Crippen LogP contribution in [0.2, 0.25) is 0 Å². The Bertz CT molecular complexity index is 804. The van der Waals surface area contributed by atoms with Gasteiger partial charge >= 0.3 is 0 Å². The van der Waals surface area contributed by atoms with Crippen LogP contribution in [-0.4, -0.2) is 33.9 Å². The number of likely N-dealkylation sites (tertiary alicyclic amines) is 1. The molecule has 5 heteroatoms. The van der Waals surface area contributed by atoms with Crippen LogP contribution in [0.3, 0.4) is 0 Å². The summed E-state index contributed by atoms with van der Waals surface area (Å²) in [6, 6.07) is 12.2. The first-order valence-electron chi connectivity index (χ1n) is 11.1. The number of pyridine rings is 2. The standard InChI is InChI=1S/C24H32N4O/c1-18-8-6-12-21(26-18)17-28-15-7-11-20(16-28)23(22-13-4-5-14-25-22)27-24(29)19-9-2-3-10-19/h4-6,8,12-14,19-20,23H,2-3,7,9-11,15-17H2,1H3,(H,27,29)/t20-,23-/m0/s1. The third-order valence-corrected chi connectivity index (χ3v) is 6.38. The molecular formula is C24H32N4O. The van der Waals surface area contributed by atoms with Crippen LogP contribution < -0.4 is 5.32 Å². The lowest BCUT2D eigenvalue weighted by Crippen LogP contribution is -2.44. The lowest BCUT2D eigenvalue weighted by molar-refractivity contribution is -0.126. The Hall–Kier alpha value is -2.27. The Morgan fingerprint density at radius 1 is 1.14 bits per heavy atom. The molecule has 154 valence electrons. The molecule has 2 aliphatic rings. The first-order chi connectivity index (χ1) is 14.2. The Balaban J connectivity index is 1.48. The van der Waals surface area contributed by atoms with Crippen LogP contribution >= 0.6 is 0 Å². The highest BCUT2D eigenvalue weighted by atomic mass is 16.2. The number of rotatable bonds is 6. The van der Waals surface area contributed by atoms with Crippen molar-refractivity contribution in [3.63, 3.8) is 0 Å². The maximum absolute atomic E-state index is 12.9. The molecule has 1 aliphatic carbocycles. The summed E-state index contributed by atoms with van der Waals surface area (Å²) in [4.78, 5) is 24.7. The summed E-state index contributed by atoms with van der Waals surface area (Å²) in [6.07, 6.45) is 8.48. The SMILES string of the molecule is Cc1cccc(CN2CCC[C@H]([C@H](NC(=O)C3CCCC3)c3ccccn3)C2)n1. The first kappa shape index (κ1) is 20.0. The second kappa shape index (κ2) is 9.49. The molecule has 5 nitrogen and oxygen atoms in total. The van der Waals surface area contributed by atoms with E-state index >= 15 is 0 Å². The minimum Gasteiger partial charge on any atom is -0.347 e. The molecule has 2 fully saturated rings. The molecule has 1 aliphatic heterocycles. The van der Waals surface area contributed by atoms with E-state index in [1.807, 2.05) is 31.3 Å². The number of nitrogens with zero attached hydrogens (tertiary/aromatic N) is 3. The zero-order chi connectivity index (χ0) is 20.1. The summed E-state index contributed by atoms with van der Waals surface area (Å²) in [5, 5.41) is 3.39. The van der Waals surface area contributed by atoms with E-state index in [0.717, 1.165) is 62.4 Å². The summed E-state index contributed by atoms with van der Waals surface area (Å²) in [6.45, 7) is 4.95. The molecular weight excluding hydrogens is 360 g/mol. The van der Waals surface area contributed by atoms with Gasteiger partial charge in [0.1, 0.15) is 0 Å². The van der Waals surface area contributed by atoms with Crippen molar-refractivity contribution in [1.29, 1.82) is 0 Å². The number of aryl methyl sites for hydroxylation is 1. The minimum absolute atomic E-state index is 0.0161. The smallest absolute Gasteiger partial charge is 0.223 e. The predicted octanol–water partition coefficient (Wildman–Crippen LogP) is 4.04. The highest BCUT2D eigenvalue weighted by molar-refractivity contribution is 5.79. The summed E-state index contributed by atoms with van der Waals surface area (Å²) in [5.74, 6) is 0.766. The quantitative estimate of drug-likeness (QED) is 0.806. The molecule has 1 N–H and O–H groups in total. The number of nitrogens with one attached hydrogen (secondary N) is 1. The van der Waals surface area contributed by atoms with Gasteiger partial charge in [-0.15, -0.1) is 0 Å². The van der Waals surface area contributed by atoms with Crippen LogP contribution in [0.25, 0.3) is 0 Å². The van der Waals surface area contributed by atoms with Gasteiger partial charge in [0.05, 0.1) is 17.4 Å². The van der Waals surface area contributed by atoms with Crippen molar-refractivity contribution in [1.82, 2.24) is 20.2 Å². The number of piperidine rings is 1. The fraction of sp³-hybridized carbons (Fsp3) is 0.542. The normalized spacial score (nSPS) is 21.8. The zero-order valence-corrected chi connectivity index (χ0v) is 17.4. The van der Waals surface area contributed by atoms with E-state index < -0.39 is 0 Å². The van der Waals surface area contributed by atoms with Crippen molar-refractivity contribution < 1.29 is 4.79 Å². The molecule has 1 saturated heterocycles. The molecule has 0 spiro atoms. The van der Waals surface area contributed by atoms with E-state index in [2.05, 4.69) is 38.4 Å². The Kier molecular flexibility index (Phi) is 6.55. The molecule has 0 unspecified atom stereocenters. The van der Waals surface area contributed by atoms with Crippen LogP contribution in [0.4, 0.5) is 0 Å². The number of amides is 1. The number of aromatic nitrogens is 2. The second-order valence-electron chi connectivity index (χ2n) is 8.63. The average molecular weight is 393 g/mol. The van der Waals surface area contributed by atoms with Gasteiger partial charge < -0.3 is 5.32 Å². The van der Waals surface area contributed by atoms with Gasteiger partial charge in [0.15, 0.2) is 0 Å². The van der Waals surface area contributed by atoms with Crippen LogP contribution in [0.1, 0.15) is 61.6 Å². The lowest BCUT2D eigenvalue weighted by Gasteiger charge is -2.37. The molecule has 0 bridgehead atoms. The van der Waals surface area contributed by atoms with Gasteiger partial charge in [0, 0.05) is 30.9 Å². The molecule has 2 atom stereocenters. The number of carbonyl (C=O) groups excluding carboxylic acids is 1. The molecule has 1 saturated carbocycles. The van der Waals surface area contributed by atoms with Gasteiger partial charge in [-0.05, 0) is 69.3 Å². The van der Waals surface area contributed by atoms with Crippen molar-refractivity contribution in [2.45, 2.75) is 58.0 Å². The third-order valence-electron chi connectivity index (χ3n) is 6.38. The fourth-order valence-electron chi connectivity index (χ4n) is 4.88. The largest absolute Gasteiger partial charge is 0.347 e. The van der Waals surface area contributed by atoms with E-state index in [4.69, 9.17) is 0 Å². The van der Waals surface area contributed by atoms with Crippen molar-refractivity contribution in [2.75, 3.05) is 13.1 Å². The second-order valence-corrected chi connectivity index (χ2v) is 8.63. The van der Waals surface area contributed by atoms with Gasteiger partial charge in [-0.1, -0.05) is 25.0 Å². The van der Waals surface area contributed by atoms with E-state index in [9.17, 15) is 4.79 Å². The number of hydrogen-bond donors (Lipinski definition) is 1. The topological polar surface area (TPSA) is 58.1 Å². The Morgan fingerprint density at radius 2 is 2.00 bits per heavy atom. The average Bonchev–Trinajstić information content (AvgIpc) is 3.28. The highest BCUT2D eigenvalue weighted by Crippen LogP contribution is 2.31. The zero-order valence-electron chi connectivity index (χ0n) is 17.4. The Labute approximate surface area is 173 Å². The van der Waals surface area contributed by atoms with E-state index in [0.29, 0.717) is 5.92 Å². The molecule has 4 rings (SSSR count). The van der Waals surface area contributed by atoms with E-state index in [1.54, 1.807) is 0 Å². The van der Waals surface area contributed by atoms with Crippen LogP contribution in [0.5, 0.6) is 0 Å². The first-order valence-corrected chi connectivity index (χ1v) is 11.1. The monoisotopic (exact) mass is 392 g/mol. The molecule has 2 aromatic rings. The summed E-state index contributed by atoms with van der Waals surface area (Å²) < 4.78 is 0. The summed E-state index contributed by atoms with van der Waals surface area (Å²) in [5.41, 5.74) is 3.17. The molecule has 2 aromatic heterocycles. The number of hydrogen-bond acceptors (Lipinski definition) is 4. The maximum Gasteiger partial charge on any atom is 0.223 e. The molecule has 1 amide bonds. The van der Waals surface area contributed by atoms with Gasteiger partial charge in [-0.25, -0.2) is 0 Å². The van der Waals surface area contributed by atoms with Crippen molar-refractivity contribution in [3.05, 3.63) is 59.7 Å². The van der Waals surface area contributed by atoms with Crippen LogP contribution in [0, 0.1) is 18.8 Å². The van der Waals surface area contributed by atoms with Crippen LogP contribution in [-0.2, 0) is 11.3 Å². The molecule has 3 heterocycles. The summed E-state index contributed by atoms with van der Waals surface area (Å²) >= 11 is 0. The lowest BCUT2D eigenvalue weighted by atomic mass is 9.87. The van der Waals surface area contributed by atoms with Crippen LogP contribution in [0.15, 0.2) is 42.6 Å². The van der Waals surface area contributed by atoms with Gasteiger partial charge in [0.25, 0.3) is 0 Å². The number of carbonyl (C=O) groups is 1. The molecule has 0 aromatic carbocycles.